The van der Waals surface area contributed by atoms with Gasteiger partial charge in [0, 0.05) is 26.4 Å². The normalized spacial score (nSPS) is 12.7. The van der Waals surface area contributed by atoms with Gasteiger partial charge in [0.1, 0.15) is 0 Å². The summed E-state index contributed by atoms with van der Waals surface area (Å²) in [7, 11) is 3.22. The lowest BCUT2D eigenvalue weighted by Crippen LogP contribution is -2.11. The van der Waals surface area contributed by atoms with E-state index in [4.69, 9.17) is 14.2 Å². The first-order chi connectivity index (χ1) is 8.63. The minimum atomic E-state index is -0.292. The molecule has 0 N–H and O–H groups in total. The van der Waals surface area contributed by atoms with E-state index in [2.05, 4.69) is 10.2 Å². The maximum atomic E-state index is 11.2. The highest BCUT2D eigenvalue weighted by Crippen LogP contribution is 1.95. The van der Waals surface area contributed by atoms with Gasteiger partial charge in [-0.2, -0.15) is 10.2 Å². The molecule has 0 saturated heterocycles. The third kappa shape index (κ3) is 8.83. The van der Waals surface area contributed by atoms with Crippen molar-refractivity contribution < 1.29 is 19.0 Å². The zero-order valence-corrected chi connectivity index (χ0v) is 11.6. The van der Waals surface area contributed by atoms with E-state index in [1.165, 1.54) is 0 Å². The standard InChI is InChI=1S/C12H22N2O4/c1-5-18-12(15)8-10(2)13-14-11(9-17-4)6-7-16-3/h5-9H2,1-4H3/b13-10+,14-11+. The van der Waals surface area contributed by atoms with Crippen LogP contribution in [0.15, 0.2) is 10.2 Å². The Morgan fingerprint density at radius 3 is 2.44 bits per heavy atom. The number of methoxy groups -OCH3 is 2. The van der Waals surface area contributed by atoms with Gasteiger partial charge >= 0.3 is 5.97 Å². The van der Waals surface area contributed by atoms with Crippen molar-refractivity contribution in [1.82, 2.24) is 0 Å². The number of hydrogen-bond donors (Lipinski definition) is 0. The molecule has 6 heteroatoms. The van der Waals surface area contributed by atoms with Crippen molar-refractivity contribution in [1.29, 1.82) is 0 Å². The molecular formula is C12H22N2O4. The van der Waals surface area contributed by atoms with E-state index in [-0.39, 0.29) is 12.4 Å². The van der Waals surface area contributed by atoms with Crippen LogP contribution in [-0.2, 0) is 19.0 Å². The van der Waals surface area contributed by atoms with Crippen LogP contribution in [0.25, 0.3) is 0 Å². The molecule has 0 fully saturated rings. The van der Waals surface area contributed by atoms with Gasteiger partial charge in [0.15, 0.2) is 0 Å². The molecule has 104 valence electrons. The SMILES string of the molecule is CCOC(=O)C/C(C)=N/N=C(\CCOC)COC. The zero-order valence-electron chi connectivity index (χ0n) is 11.6. The molecule has 0 aliphatic heterocycles. The molecule has 0 aliphatic rings. The van der Waals surface area contributed by atoms with E-state index >= 15 is 0 Å². The Morgan fingerprint density at radius 1 is 1.17 bits per heavy atom. The van der Waals surface area contributed by atoms with Gasteiger partial charge in [0.05, 0.1) is 32.0 Å². The maximum absolute atomic E-state index is 11.2. The van der Waals surface area contributed by atoms with Crippen molar-refractivity contribution in [3.05, 3.63) is 0 Å². The third-order valence-electron chi connectivity index (χ3n) is 1.97. The monoisotopic (exact) mass is 258 g/mol. The minimum absolute atomic E-state index is 0.155. The summed E-state index contributed by atoms with van der Waals surface area (Å²) in [6, 6.07) is 0. The molecular weight excluding hydrogens is 236 g/mol. The van der Waals surface area contributed by atoms with Crippen molar-refractivity contribution in [2.75, 3.05) is 34.0 Å². The average Bonchev–Trinajstić information content (AvgIpc) is 2.33. The van der Waals surface area contributed by atoms with Gasteiger partial charge in [-0.25, -0.2) is 0 Å². The highest BCUT2D eigenvalue weighted by atomic mass is 16.5. The lowest BCUT2D eigenvalue weighted by atomic mass is 10.3. The van der Waals surface area contributed by atoms with Crippen LogP contribution in [0.2, 0.25) is 0 Å². The number of ether oxygens (including phenoxy) is 3. The second-order valence-electron chi connectivity index (χ2n) is 3.66. The van der Waals surface area contributed by atoms with Crippen molar-refractivity contribution in [2.24, 2.45) is 10.2 Å². The molecule has 0 spiro atoms. The van der Waals surface area contributed by atoms with E-state index in [1.54, 1.807) is 28.1 Å². The molecule has 0 rings (SSSR count). The topological polar surface area (TPSA) is 69.5 Å². The van der Waals surface area contributed by atoms with Crippen molar-refractivity contribution in [3.63, 3.8) is 0 Å². The summed E-state index contributed by atoms with van der Waals surface area (Å²) in [4.78, 5) is 11.2. The van der Waals surface area contributed by atoms with Crippen LogP contribution in [0.4, 0.5) is 0 Å². The van der Waals surface area contributed by atoms with Crippen LogP contribution in [-0.4, -0.2) is 51.4 Å². The second kappa shape index (κ2) is 10.9. The number of rotatable bonds is 9. The van der Waals surface area contributed by atoms with E-state index in [1.807, 2.05) is 0 Å². The molecule has 6 nitrogen and oxygen atoms in total. The molecule has 0 aromatic heterocycles. The molecule has 0 unspecified atom stereocenters. The van der Waals surface area contributed by atoms with Gasteiger partial charge in [0.2, 0.25) is 0 Å². The fourth-order valence-corrected chi connectivity index (χ4v) is 1.15. The van der Waals surface area contributed by atoms with Gasteiger partial charge < -0.3 is 14.2 Å². The summed E-state index contributed by atoms with van der Waals surface area (Å²) >= 11 is 0. The Kier molecular flexibility index (Phi) is 10.1. The summed E-state index contributed by atoms with van der Waals surface area (Å²) in [5.74, 6) is -0.292. The highest BCUT2D eigenvalue weighted by Gasteiger charge is 2.04. The van der Waals surface area contributed by atoms with Crippen LogP contribution >= 0.6 is 0 Å². The largest absolute Gasteiger partial charge is 0.466 e. The van der Waals surface area contributed by atoms with E-state index in [9.17, 15) is 4.79 Å². The predicted octanol–water partition coefficient (Wildman–Crippen LogP) is 1.44. The van der Waals surface area contributed by atoms with Crippen LogP contribution < -0.4 is 0 Å². The first kappa shape index (κ1) is 16.7. The van der Waals surface area contributed by atoms with Crippen LogP contribution in [0.5, 0.6) is 0 Å². The number of nitrogens with zero attached hydrogens (tertiary/aromatic N) is 2. The molecule has 0 aromatic rings. The zero-order chi connectivity index (χ0) is 13.8. The van der Waals surface area contributed by atoms with Gasteiger partial charge in [0.25, 0.3) is 0 Å². The lowest BCUT2D eigenvalue weighted by Gasteiger charge is -2.03. The molecule has 0 amide bonds. The molecule has 0 radical (unpaired) electrons. The first-order valence-corrected chi connectivity index (χ1v) is 5.86. The number of carbonyl (C=O) groups excluding carboxylic acids is 1. The summed E-state index contributed by atoms with van der Waals surface area (Å²) in [6.07, 6.45) is 0.808. The Bertz CT molecular complexity index is 300. The molecule has 18 heavy (non-hydrogen) atoms. The lowest BCUT2D eigenvalue weighted by molar-refractivity contribution is -0.141. The number of carbonyl (C=O) groups is 1. The van der Waals surface area contributed by atoms with E-state index in [0.29, 0.717) is 32.0 Å². The first-order valence-electron chi connectivity index (χ1n) is 5.86. The Morgan fingerprint density at radius 2 is 1.89 bits per heavy atom. The summed E-state index contributed by atoms with van der Waals surface area (Å²) in [5.41, 5.74) is 1.39. The van der Waals surface area contributed by atoms with Crippen LogP contribution in [0, 0.1) is 0 Å². The Labute approximate surface area is 108 Å². The molecule has 0 atom stereocenters. The molecule has 0 saturated carbocycles. The van der Waals surface area contributed by atoms with Crippen LogP contribution in [0.1, 0.15) is 26.7 Å². The highest BCUT2D eigenvalue weighted by molar-refractivity contribution is 5.98. The molecule has 0 aromatic carbocycles. The van der Waals surface area contributed by atoms with Gasteiger partial charge in [-0.15, -0.1) is 0 Å². The summed E-state index contributed by atoms with van der Waals surface area (Å²) in [5, 5.41) is 8.04. The quantitative estimate of drug-likeness (QED) is 0.356. The summed E-state index contributed by atoms with van der Waals surface area (Å²) < 4.78 is 14.8. The predicted molar refractivity (Wildman–Crippen MR) is 70.2 cm³/mol. The number of hydrogen-bond acceptors (Lipinski definition) is 6. The fraction of sp³-hybridized carbons (Fsp3) is 0.750. The summed E-state index contributed by atoms with van der Waals surface area (Å²) in [6.45, 7) is 4.84. The molecule has 0 bridgehead atoms. The van der Waals surface area contributed by atoms with Crippen molar-refractivity contribution in [3.8, 4) is 0 Å². The van der Waals surface area contributed by atoms with Gasteiger partial charge in [-0.3, -0.25) is 4.79 Å². The third-order valence-corrected chi connectivity index (χ3v) is 1.97. The second-order valence-corrected chi connectivity index (χ2v) is 3.66. The maximum Gasteiger partial charge on any atom is 0.311 e. The minimum Gasteiger partial charge on any atom is -0.466 e. The van der Waals surface area contributed by atoms with Gasteiger partial charge in [-0.1, -0.05) is 0 Å². The van der Waals surface area contributed by atoms with Gasteiger partial charge in [-0.05, 0) is 13.8 Å². The fourth-order valence-electron chi connectivity index (χ4n) is 1.15. The van der Waals surface area contributed by atoms with Crippen molar-refractivity contribution in [2.45, 2.75) is 26.7 Å². The Balaban J connectivity index is 4.35. The molecule has 0 heterocycles. The average molecular weight is 258 g/mol. The number of esters is 1. The van der Waals surface area contributed by atoms with E-state index < -0.39 is 0 Å². The van der Waals surface area contributed by atoms with E-state index in [0.717, 1.165) is 5.71 Å². The Hall–Kier alpha value is -1.27. The molecule has 0 aliphatic carbocycles. The van der Waals surface area contributed by atoms with Crippen molar-refractivity contribution >= 4 is 17.4 Å². The van der Waals surface area contributed by atoms with Crippen LogP contribution in [0.3, 0.4) is 0 Å². The smallest absolute Gasteiger partial charge is 0.311 e.